The summed E-state index contributed by atoms with van der Waals surface area (Å²) in [5, 5.41) is 3.14. The SMILES string of the molecule is Fc1ccc(C2CCNCC2)c(F)c1F. The third kappa shape index (κ3) is 2.00. The van der Waals surface area contributed by atoms with Gasteiger partial charge in [0.05, 0.1) is 0 Å². The van der Waals surface area contributed by atoms with Gasteiger partial charge in [0.1, 0.15) is 0 Å². The lowest BCUT2D eigenvalue weighted by molar-refractivity contribution is 0.410. The Labute approximate surface area is 86.3 Å². The van der Waals surface area contributed by atoms with Crippen molar-refractivity contribution in [1.29, 1.82) is 0 Å². The average molecular weight is 215 g/mol. The number of hydrogen-bond donors (Lipinski definition) is 1. The van der Waals surface area contributed by atoms with Crippen LogP contribution in [0.3, 0.4) is 0 Å². The third-order valence-electron chi connectivity index (χ3n) is 2.84. The van der Waals surface area contributed by atoms with E-state index in [1.165, 1.54) is 6.07 Å². The molecule has 0 amide bonds. The van der Waals surface area contributed by atoms with Crippen LogP contribution in [0.2, 0.25) is 0 Å². The van der Waals surface area contributed by atoms with Crippen molar-refractivity contribution < 1.29 is 13.2 Å². The summed E-state index contributed by atoms with van der Waals surface area (Å²) < 4.78 is 39.1. The highest BCUT2D eigenvalue weighted by molar-refractivity contribution is 5.24. The average Bonchev–Trinajstić information content (AvgIpc) is 2.27. The minimum atomic E-state index is -1.36. The highest BCUT2D eigenvalue weighted by Gasteiger charge is 2.22. The Kier molecular flexibility index (Phi) is 2.95. The maximum Gasteiger partial charge on any atom is 0.194 e. The number of piperidine rings is 1. The summed E-state index contributed by atoms with van der Waals surface area (Å²) in [6.45, 7) is 1.59. The Morgan fingerprint density at radius 2 is 1.67 bits per heavy atom. The Hall–Kier alpha value is -1.03. The zero-order valence-electron chi connectivity index (χ0n) is 8.19. The molecule has 0 atom stereocenters. The van der Waals surface area contributed by atoms with Gasteiger partial charge in [-0.15, -0.1) is 0 Å². The second kappa shape index (κ2) is 4.23. The van der Waals surface area contributed by atoms with Crippen molar-refractivity contribution in [3.05, 3.63) is 35.1 Å². The Bertz CT molecular complexity index is 359. The van der Waals surface area contributed by atoms with Gasteiger partial charge in [-0.25, -0.2) is 13.2 Å². The molecule has 1 saturated heterocycles. The Morgan fingerprint density at radius 3 is 2.33 bits per heavy atom. The van der Waals surface area contributed by atoms with E-state index in [9.17, 15) is 13.2 Å². The van der Waals surface area contributed by atoms with Crippen LogP contribution in [-0.4, -0.2) is 13.1 Å². The Morgan fingerprint density at radius 1 is 1.00 bits per heavy atom. The van der Waals surface area contributed by atoms with Crippen molar-refractivity contribution in [1.82, 2.24) is 5.32 Å². The van der Waals surface area contributed by atoms with Crippen LogP contribution in [0.25, 0.3) is 0 Å². The predicted molar refractivity (Wildman–Crippen MR) is 51.2 cm³/mol. The first-order valence-electron chi connectivity index (χ1n) is 5.04. The smallest absolute Gasteiger partial charge is 0.194 e. The highest BCUT2D eigenvalue weighted by Crippen LogP contribution is 2.29. The van der Waals surface area contributed by atoms with Crippen LogP contribution in [0.15, 0.2) is 12.1 Å². The van der Waals surface area contributed by atoms with Crippen molar-refractivity contribution in [2.45, 2.75) is 18.8 Å². The van der Waals surface area contributed by atoms with Crippen molar-refractivity contribution in [3.8, 4) is 0 Å². The van der Waals surface area contributed by atoms with E-state index in [0.717, 1.165) is 32.0 Å². The van der Waals surface area contributed by atoms with Gasteiger partial charge in [0, 0.05) is 0 Å². The van der Waals surface area contributed by atoms with Crippen molar-refractivity contribution >= 4 is 0 Å². The third-order valence-corrected chi connectivity index (χ3v) is 2.84. The molecule has 0 bridgehead atoms. The lowest BCUT2D eigenvalue weighted by Gasteiger charge is -2.23. The van der Waals surface area contributed by atoms with E-state index in [1.54, 1.807) is 0 Å². The number of halogens is 3. The molecule has 15 heavy (non-hydrogen) atoms. The van der Waals surface area contributed by atoms with E-state index >= 15 is 0 Å². The monoisotopic (exact) mass is 215 g/mol. The van der Waals surface area contributed by atoms with Crippen molar-refractivity contribution in [2.75, 3.05) is 13.1 Å². The molecule has 1 N–H and O–H groups in total. The van der Waals surface area contributed by atoms with Crippen LogP contribution in [-0.2, 0) is 0 Å². The lowest BCUT2D eigenvalue weighted by atomic mass is 9.90. The zero-order valence-corrected chi connectivity index (χ0v) is 8.19. The number of hydrogen-bond acceptors (Lipinski definition) is 1. The number of nitrogens with one attached hydrogen (secondary N) is 1. The van der Waals surface area contributed by atoms with Crippen LogP contribution in [0.4, 0.5) is 13.2 Å². The molecule has 1 aliphatic heterocycles. The Balaban J connectivity index is 2.31. The molecule has 1 fully saturated rings. The van der Waals surface area contributed by atoms with E-state index in [4.69, 9.17) is 0 Å². The van der Waals surface area contributed by atoms with Gasteiger partial charge in [-0.2, -0.15) is 0 Å². The normalized spacial score (nSPS) is 18.1. The van der Waals surface area contributed by atoms with Gasteiger partial charge in [0.25, 0.3) is 0 Å². The van der Waals surface area contributed by atoms with Gasteiger partial charge in [-0.3, -0.25) is 0 Å². The maximum atomic E-state index is 13.4. The van der Waals surface area contributed by atoms with Gasteiger partial charge < -0.3 is 5.32 Å². The summed E-state index contributed by atoms with van der Waals surface area (Å²) >= 11 is 0. The van der Waals surface area contributed by atoms with Crippen LogP contribution in [0, 0.1) is 17.5 Å². The van der Waals surface area contributed by atoms with Gasteiger partial charge in [-0.05, 0) is 43.5 Å². The van der Waals surface area contributed by atoms with E-state index in [1.807, 2.05) is 0 Å². The van der Waals surface area contributed by atoms with Crippen LogP contribution < -0.4 is 5.32 Å². The minimum Gasteiger partial charge on any atom is -0.317 e. The summed E-state index contributed by atoms with van der Waals surface area (Å²) in [5.41, 5.74) is 0.301. The zero-order chi connectivity index (χ0) is 10.8. The number of benzene rings is 1. The molecule has 1 aromatic carbocycles. The topological polar surface area (TPSA) is 12.0 Å². The predicted octanol–water partition coefficient (Wildman–Crippen LogP) is 2.57. The quantitative estimate of drug-likeness (QED) is 0.710. The largest absolute Gasteiger partial charge is 0.317 e. The fraction of sp³-hybridized carbons (Fsp3) is 0.455. The standard InChI is InChI=1S/C11H12F3N/c12-9-2-1-8(10(13)11(9)14)7-3-5-15-6-4-7/h1-2,7,15H,3-6H2. The van der Waals surface area contributed by atoms with E-state index in [-0.39, 0.29) is 5.92 Å². The van der Waals surface area contributed by atoms with E-state index in [2.05, 4.69) is 5.32 Å². The molecular weight excluding hydrogens is 203 g/mol. The fourth-order valence-electron chi connectivity index (χ4n) is 1.99. The van der Waals surface area contributed by atoms with E-state index in [0.29, 0.717) is 5.56 Å². The molecule has 1 nitrogen and oxygen atoms in total. The maximum absolute atomic E-state index is 13.4. The molecule has 0 spiro atoms. The second-order valence-electron chi connectivity index (χ2n) is 3.79. The number of rotatable bonds is 1. The van der Waals surface area contributed by atoms with Gasteiger partial charge in [-0.1, -0.05) is 6.07 Å². The summed E-state index contributed by atoms with van der Waals surface area (Å²) in [7, 11) is 0. The summed E-state index contributed by atoms with van der Waals surface area (Å²) in [5.74, 6) is -3.50. The minimum absolute atomic E-state index is 0.00125. The molecule has 1 aliphatic rings. The molecule has 1 heterocycles. The molecular formula is C11H12F3N. The molecule has 82 valence electrons. The van der Waals surface area contributed by atoms with Crippen molar-refractivity contribution in [2.24, 2.45) is 0 Å². The lowest BCUT2D eigenvalue weighted by Crippen LogP contribution is -2.27. The highest BCUT2D eigenvalue weighted by atomic mass is 19.2. The molecule has 0 radical (unpaired) electrons. The van der Waals surface area contributed by atoms with Crippen LogP contribution in [0.1, 0.15) is 24.3 Å². The van der Waals surface area contributed by atoms with E-state index < -0.39 is 17.5 Å². The van der Waals surface area contributed by atoms with Crippen LogP contribution >= 0.6 is 0 Å². The first-order chi connectivity index (χ1) is 7.20. The summed E-state index contributed by atoms with van der Waals surface area (Å²) in [4.78, 5) is 0. The second-order valence-corrected chi connectivity index (χ2v) is 3.79. The first-order valence-corrected chi connectivity index (χ1v) is 5.04. The molecule has 0 aromatic heterocycles. The van der Waals surface area contributed by atoms with Crippen molar-refractivity contribution in [3.63, 3.8) is 0 Å². The first kappa shape index (κ1) is 10.5. The summed E-state index contributed by atoms with van der Waals surface area (Å²) in [6.07, 6.45) is 1.53. The molecule has 0 unspecified atom stereocenters. The molecule has 4 heteroatoms. The molecule has 1 aromatic rings. The fourth-order valence-corrected chi connectivity index (χ4v) is 1.99. The molecule has 0 saturated carbocycles. The molecule has 2 rings (SSSR count). The van der Waals surface area contributed by atoms with Gasteiger partial charge in [0.15, 0.2) is 17.5 Å². The molecule has 0 aliphatic carbocycles. The van der Waals surface area contributed by atoms with Crippen LogP contribution in [0.5, 0.6) is 0 Å². The van der Waals surface area contributed by atoms with Gasteiger partial charge in [0.2, 0.25) is 0 Å². The van der Waals surface area contributed by atoms with Gasteiger partial charge >= 0.3 is 0 Å². The summed E-state index contributed by atoms with van der Waals surface area (Å²) in [6, 6.07) is 2.35.